The van der Waals surface area contributed by atoms with Gasteiger partial charge in [0.25, 0.3) is 5.69 Å². The maximum absolute atomic E-state index is 12.3. The molecule has 3 aromatic rings. The summed E-state index contributed by atoms with van der Waals surface area (Å²) in [7, 11) is 1.53. The third kappa shape index (κ3) is 6.36. The van der Waals surface area contributed by atoms with Crippen molar-refractivity contribution >= 4 is 33.4 Å². The summed E-state index contributed by atoms with van der Waals surface area (Å²) in [6, 6.07) is 15.1. The Bertz CT molecular complexity index is 1490. The van der Waals surface area contributed by atoms with Crippen molar-refractivity contribution in [1.29, 1.82) is 5.26 Å². The lowest BCUT2D eigenvalue weighted by atomic mass is 10.1. The summed E-state index contributed by atoms with van der Waals surface area (Å²) >= 11 is 3.44. The van der Waals surface area contributed by atoms with Crippen LogP contribution in [0.15, 0.2) is 58.1 Å². The van der Waals surface area contributed by atoms with Gasteiger partial charge in [-0.3, -0.25) is 14.9 Å². The number of aryl methyl sites for hydroxylation is 1. The molecule has 0 aliphatic carbocycles. The van der Waals surface area contributed by atoms with E-state index >= 15 is 0 Å². The first-order chi connectivity index (χ1) is 19.2. The van der Waals surface area contributed by atoms with Gasteiger partial charge in [0, 0.05) is 41.8 Å². The summed E-state index contributed by atoms with van der Waals surface area (Å²) in [5, 5.41) is 26.0. The van der Waals surface area contributed by atoms with Crippen molar-refractivity contribution in [2.24, 2.45) is 5.10 Å². The van der Waals surface area contributed by atoms with Crippen molar-refractivity contribution in [3.8, 4) is 17.7 Å². The van der Waals surface area contributed by atoms with E-state index in [4.69, 9.17) is 18.9 Å². The number of ether oxygens (including phenoxy) is 4. The highest BCUT2D eigenvalue weighted by molar-refractivity contribution is 9.10. The summed E-state index contributed by atoms with van der Waals surface area (Å²) in [5.41, 5.74) is 2.84. The van der Waals surface area contributed by atoms with Gasteiger partial charge < -0.3 is 18.9 Å². The molecule has 1 aliphatic heterocycles. The van der Waals surface area contributed by atoms with Gasteiger partial charge in [0.15, 0.2) is 0 Å². The van der Waals surface area contributed by atoms with E-state index in [0.717, 1.165) is 5.56 Å². The number of carbonyl (C=O) groups is 1. The number of aromatic nitrogens is 1. The number of rotatable bonds is 10. The number of non-ortho nitro benzene ring substituents is 1. The number of hydrogen-bond donors (Lipinski definition) is 0. The Morgan fingerprint density at radius 2 is 1.88 bits per heavy atom. The summed E-state index contributed by atoms with van der Waals surface area (Å²) in [4.78, 5) is 27.0. The summed E-state index contributed by atoms with van der Waals surface area (Å²) in [6.07, 6.45) is -0.881. The van der Waals surface area contributed by atoms with Gasteiger partial charge >= 0.3 is 0 Å². The predicted molar refractivity (Wildman–Crippen MR) is 145 cm³/mol. The molecular formula is C27H24BrN5O7. The van der Waals surface area contributed by atoms with Gasteiger partial charge in [-0.1, -0.05) is 0 Å². The molecule has 0 saturated carbocycles. The van der Waals surface area contributed by atoms with Gasteiger partial charge in [-0.25, -0.2) is 4.98 Å². The number of nitro benzene ring substituents is 1. The normalized spacial score (nSPS) is 14.2. The lowest BCUT2D eigenvalue weighted by Gasteiger charge is -2.20. The van der Waals surface area contributed by atoms with Crippen LogP contribution in [0.5, 0.6) is 11.6 Å². The van der Waals surface area contributed by atoms with Crippen molar-refractivity contribution in [2.75, 3.05) is 13.7 Å². The Labute approximate surface area is 238 Å². The van der Waals surface area contributed by atoms with E-state index < -0.39 is 11.2 Å². The first-order valence-corrected chi connectivity index (χ1v) is 12.7. The molecule has 1 aromatic heterocycles. The van der Waals surface area contributed by atoms with Crippen LogP contribution in [0, 0.1) is 28.4 Å². The lowest BCUT2D eigenvalue weighted by Crippen LogP contribution is -2.37. The topological polar surface area (TPSA) is 149 Å². The van der Waals surface area contributed by atoms with E-state index in [-0.39, 0.29) is 48.8 Å². The summed E-state index contributed by atoms with van der Waals surface area (Å²) in [5.74, 6) is 0.528. The molecule has 13 heteroatoms. The zero-order chi connectivity index (χ0) is 28.8. The molecule has 1 aliphatic rings. The number of methoxy groups -OCH3 is 1. The fraction of sp³-hybridized carbons (Fsp3) is 0.259. The summed E-state index contributed by atoms with van der Waals surface area (Å²) in [6.45, 7) is 3.41. The predicted octanol–water partition coefficient (Wildman–Crippen LogP) is 4.60. The van der Waals surface area contributed by atoms with Crippen LogP contribution in [0.4, 0.5) is 5.69 Å². The fourth-order valence-corrected chi connectivity index (χ4v) is 4.21. The van der Waals surface area contributed by atoms with Gasteiger partial charge in [0.1, 0.15) is 30.6 Å². The third-order valence-corrected chi connectivity index (χ3v) is 6.88. The van der Waals surface area contributed by atoms with Gasteiger partial charge in [-0.15, -0.1) is 5.10 Å². The highest BCUT2D eigenvalue weighted by Crippen LogP contribution is 2.30. The molecule has 2 heterocycles. The second-order valence-corrected chi connectivity index (χ2v) is 9.40. The first-order valence-electron chi connectivity index (χ1n) is 11.9. The minimum absolute atomic E-state index is 0.0123. The highest BCUT2D eigenvalue weighted by atomic mass is 79.9. The number of halogens is 1. The maximum atomic E-state index is 12.3. The highest BCUT2D eigenvalue weighted by Gasteiger charge is 2.33. The van der Waals surface area contributed by atoms with Gasteiger partial charge in [-0.2, -0.15) is 10.3 Å². The molecule has 40 heavy (non-hydrogen) atoms. The Hall–Kier alpha value is -4.54. The lowest BCUT2D eigenvalue weighted by molar-refractivity contribution is -0.384. The van der Waals surface area contributed by atoms with Gasteiger partial charge in [0.05, 0.1) is 17.2 Å². The summed E-state index contributed by atoms with van der Waals surface area (Å²) < 4.78 is 23.4. The van der Waals surface area contributed by atoms with Crippen LogP contribution in [0.2, 0.25) is 0 Å². The molecule has 2 aromatic carbocycles. The molecule has 0 radical (unpaired) electrons. The van der Waals surface area contributed by atoms with E-state index in [0.29, 0.717) is 27.0 Å². The second kappa shape index (κ2) is 12.5. The van der Waals surface area contributed by atoms with Crippen LogP contribution >= 0.6 is 15.9 Å². The van der Waals surface area contributed by atoms with E-state index in [2.05, 4.69) is 32.1 Å². The van der Waals surface area contributed by atoms with E-state index in [1.54, 1.807) is 43.3 Å². The SMILES string of the molecule is COCc1c(Br)c(C)nc(OC[C@H]2OC(c3ccc(OCc4ccc([N+](=O)[O-])cc4)cc3)=NN2C(C)=O)c1C#N. The Morgan fingerprint density at radius 1 is 1.18 bits per heavy atom. The number of hydrazone groups is 1. The number of amides is 1. The van der Waals surface area contributed by atoms with Gasteiger partial charge in [0.2, 0.25) is 23.9 Å². The number of nitriles is 1. The van der Waals surface area contributed by atoms with Crippen LogP contribution in [0.3, 0.4) is 0 Å². The minimum atomic E-state index is -0.881. The molecule has 0 saturated heterocycles. The smallest absolute Gasteiger partial charge is 0.269 e. The largest absolute Gasteiger partial charge is 0.489 e. The molecule has 0 N–H and O–H groups in total. The van der Waals surface area contributed by atoms with Crippen LogP contribution < -0.4 is 9.47 Å². The number of hydrogen-bond acceptors (Lipinski definition) is 10. The molecule has 1 amide bonds. The monoisotopic (exact) mass is 609 g/mol. The average molecular weight is 610 g/mol. The van der Waals surface area contributed by atoms with Crippen LogP contribution in [0.25, 0.3) is 0 Å². The second-order valence-electron chi connectivity index (χ2n) is 8.60. The van der Waals surface area contributed by atoms with Gasteiger partial charge in [-0.05, 0) is 64.8 Å². The van der Waals surface area contributed by atoms with Crippen LogP contribution in [0.1, 0.15) is 34.9 Å². The molecule has 0 unspecified atom stereocenters. The average Bonchev–Trinajstić information content (AvgIpc) is 3.38. The zero-order valence-electron chi connectivity index (χ0n) is 21.8. The van der Waals surface area contributed by atoms with E-state index in [9.17, 15) is 20.2 Å². The number of nitro groups is 1. The maximum Gasteiger partial charge on any atom is 0.269 e. The van der Waals surface area contributed by atoms with E-state index in [1.165, 1.54) is 31.2 Å². The number of pyridine rings is 1. The molecular weight excluding hydrogens is 586 g/mol. The number of nitrogens with zero attached hydrogens (tertiary/aromatic N) is 5. The van der Waals surface area contributed by atoms with Crippen molar-refractivity contribution in [3.05, 3.63) is 91.1 Å². The molecule has 206 valence electrons. The third-order valence-electron chi connectivity index (χ3n) is 5.83. The van der Waals surface area contributed by atoms with Crippen molar-refractivity contribution in [3.63, 3.8) is 0 Å². The molecule has 0 bridgehead atoms. The van der Waals surface area contributed by atoms with Crippen molar-refractivity contribution in [2.45, 2.75) is 33.3 Å². The first kappa shape index (κ1) is 28.5. The van der Waals surface area contributed by atoms with Crippen LogP contribution in [-0.2, 0) is 27.5 Å². The molecule has 0 fully saturated rings. The van der Waals surface area contributed by atoms with Crippen molar-refractivity contribution in [1.82, 2.24) is 9.99 Å². The molecule has 4 rings (SSSR count). The number of benzene rings is 2. The fourth-order valence-electron chi connectivity index (χ4n) is 3.81. The van der Waals surface area contributed by atoms with E-state index in [1.807, 2.05) is 0 Å². The molecule has 1 atom stereocenters. The minimum Gasteiger partial charge on any atom is -0.489 e. The van der Waals surface area contributed by atoms with Crippen LogP contribution in [-0.4, -0.2) is 46.7 Å². The standard InChI is InChI=1S/C27H24BrN5O7/c1-16-25(28)23(14-37-3)22(12-29)27(30-16)39-15-24-32(17(2)34)31-26(40-24)19-6-10-21(11-7-19)38-13-18-4-8-20(9-5-18)33(35)36/h4-11,24H,13-15H2,1-3H3/t24-/m1/s1. The molecule has 0 spiro atoms. The Balaban J connectivity index is 1.42. The Kier molecular flexibility index (Phi) is 8.93. The molecule has 12 nitrogen and oxygen atoms in total. The quantitative estimate of drug-likeness (QED) is 0.237. The number of carbonyl (C=O) groups excluding carboxylic acids is 1. The zero-order valence-corrected chi connectivity index (χ0v) is 23.4. The van der Waals surface area contributed by atoms with Crippen molar-refractivity contribution < 1.29 is 28.7 Å². The Morgan fingerprint density at radius 3 is 2.48 bits per heavy atom.